The minimum atomic E-state index is -0.559. The van der Waals surface area contributed by atoms with E-state index in [0.29, 0.717) is 16.2 Å². The monoisotopic (exact) mass is 266 g/mol. The van der Waals surface area contributed by atoms with Crippen molar-refractivity contribution < 1.29 is 23.5 Å². The van der Waals surface area contributed by atoms with Crippen LogP contribution in [0.15, 0.2) is 28.0 Å². The maximum atomic E-state index is 11.5. The van der Waals surface area contributed by atoms with Crippen molar-refractivity contribution in [1.29, 1.82) is 0 Å². The van der Waals surface area contributed by atoms with Gasteiger partial charge >= 0.3 is 11.9 Å². The van der Waals surface area contributed by atoms with Gasteiger partial charge < -0.3 is 13.9 Å². The summed E-state index contributed by atoms with van der Waals surface area (Å²) in [5.41, 5.74) is 0.599. The Bertz CT molecular complexity index is 581. The molecule has 0 bridgehead atoms. The Hall–Kier alpha value is -2.08. The summed E-state index contributed by atoms with van der Waals surface area (Å²) >= 11 is 1.25. The van der Waals surface area contributed by atoms with E-state index in [1.807, 2.05) is 0 Å². The molecule has 0 aliphatic rings. The highest BCUT2D eigenvalue weighted by Gasteiger charge is 2.19. The third kappa shape index (κ3) is 2.14. The van der Waals surface area contributed by atoms with Crippen molar-refractivity contribution in [2.24, 2.45) is 0 Å². The van der Waals surface area contributed by atoms with Gasteiger partial charge in [0.2, 0.25) is 5.76 Å². The molecule has 0 aliphatic carbocycles. The molecule has 0 radical (unpaired) electrons. The van der Waals surface area contributed by atoms with Gasteiger partial charge in [-0.25, -0.2) is 9.59 Å². The number of hydrogen-bond acceptors (Lipinski definition) is 6. The second-order valence-electron chi connectivity index (χ2n) is 3.31. The molecule has 2 heterocycles. The van der Waals surface area contributed by atoms with E-state index in [1.54, 1.807) is 17.5 Å². The highest BCUT2D eigenvalue weighted by Crippen LogP contribution is 2.30. The largest absolute Gasteiger partial charge is 0.465 e. The number of furan rings is 1. The van der Waals surface area contributed by atoms with Gasteiger partial charge in [0.1, 0.15) is 10.6 Å². The molecule has 6 heteroatoms. The number of rotatable bonds is 3. The van der Waals surface area contributed by atoms with Crippen LogP contribution in [0.4, 0.5) is 0 Å². The Morgan fingerprint density at radius 3 is 2.50 bits per heavy atom. The molecule has 0 aromatic carbocycles. The zero-order chi connectivity index (χ0) is 13.1. The molecule has 0 spiro atoms. The minimum Gasteiger partial charge on any atom is -0.465 e. The first-order valence-electron chi connectivity index (χ1n) is 5.01. The SMILES string of the molecule is COC(=O)c1ccc(-c2ccsc2C(=O)OC)o1. The van der Waals surface area contributed by atoms with E-state index in [-0.39, 0.29) is 5.76 Å². The predicted octanol–water partition coefficient (Wildman–Crippen LogP) is 2.58. The van der Waals surface area contributed by atoms with E-state index >= 15 is 0 Å². The number of thiophene rings is 1. The Morgan fingerprint density at radius 2 is 1.83 bits per heavy atom. The lowest BCUT2D eigenvalue weighted by Crippen LogP contribution is -2.00. The highest BCUT2D eigenvalue weighted by atomic mass is 32.1. The standard InChI is InChI=1S/C12H10O5S/c1-15-11(13)9-4-3-8(17-9)7-5-6-18-10(7)12(14)16-2/h3-6H,1-2H3. The first-order chi connectivity index (χ1) is 8.67. The number of carbonyl (C=O) groups excluding carboxylic acids is 2. The summed E-state index contributed by atoms with van der Waals surface area (Å²) in [6.45, 7) is 0. The van der Waals surface area contributed by atoms with Crippen LogP contribution in [-0.2, 0) is 9.47 Å². The van der Waals surface area contributed by atoms with Crippen LogP contribution in [0.2, 0.25) is 0 Å². The molecule has 0 aliphatic heterocycles. The Morgan fingerprint density at radius 1 is 1.11 bits per heavy atom. The molecule has 0 fully saturated rings. The second-order valence-corrected chi connectivity index (χ2v) is 4.23. The molecule has 18 heavy (non-hydrogen) atoms. The van der Waals surface area contributed by atoms with E-state index in [4.69, 9.17) is 4.42 Å². The third-order valence-corrected chi connectivity index (χ3v) is 3.19. The highest BCUT2D eigenvalue weighted by molar-refractivity contribution is 7.12. The van der Waals surface area contributed by atoms with E-state index in [2.05, 4.69) is 9.47 Å². The molecular weight excluding hydrogens is 256 g/mol. The maximum Gasteiger partial charge on any atom is 0.373 e. The van der Waals surface area contributed by atoms with E-state index < -0.39 is 11.9 Å². The van der Waals surface area contributed by atoms with Gasteiger partial charge in [-0.15, -0.1) is 11.3 Å². The molecule has 0 saturated heterocycles. The normalized spacial score (nSPS) is 10.1. The van der Waals surface area contributed by atoms with E-state index in [1.165, 1.54) is 31.6 Å². The van der Waals surface area contributed by atoms with Crippen LogP contribution in [0.25, 0.3) is 11.3 Å². The smallest absolute Gasteiger partial charge is 0.373 e. The van der Waals surface area contributed by atoms with Gasteiger partial charge in [-0.3, -0.25) is 0 Å². The summed E-state index contributed by atoms with van der Waals surface area (Å²) in [5, 5.41) is 1.75. The average Bonchev–Trinajstić information content (AvgIpc) is 3.04. The predicted molar refractivity (Wildman–Crippen MR) is 64.7 cm³/mol. The molecule has 0 amide bonds. The summed E-state index contributed by atoms with van der Waals surface area (Å²) in [6, 6.07) is 4.84. The zero-order valence-electron chi connectivity index (χ0n) is 9.76. The lowest BCUT2D eigenvalue weighted by Gasteiger charge is -1.99. The summed E-state index contributed by atoms with van der Waals surface area (Å²) in [5.74, 6) is -0.473. The van der Waals surface area contributed by atoms with Gasteiger partial charge in [-0.1, -0.05) is 0 Å². The van der Waals surface area contributed by atoms with Crippen LogP contribution in [0.1, 0.15) is 20.2 Å². The third-order valence-electron chi connectivity index (χ3n) is 2.29. The number of ether oxygens (including phenoxy) is 2. The fourth-order valence-corrected chi connectivity index (χ4v) is 2.26. The first kappa shape index (κ1) is 12.4. The summed E-state index contributed by atoms with van der Waals surface area (Å²) in [6.07, 6.45) is 0. The molecule has 0 N–H and O–H groups in total. The summed E-state index contributed by atoms with van der Waals surface area (Å²) < 4.78 is 14.6. The van der Waals surface area contributed by atoms with Crippen molar-refractivity contribution in [3.05, 3.63) is 34.2 Å². The summed E-state index contributed by atoms with van der Waals surface area (Å²) in [7, 11) is 2.59. The number of carbonyl (C=O) groups is 2. The minimum absolute atomic E-state index is 0.0921. The van der Waals surface area contributed by atoms with Crippen LogP contribution in [0.5, 0.6) is 0 Å². The topological polar surface area (TPSA) is 65.7 Å². The van der Waals surface area contributed by atoms with Gasteiger partial charge in [-0.05, 0) is 23.6 Å². The molecule has 2 aromatic heterocycles. The molecule has 2 rings (SSSR count). The van der Waals surface area contributed by atoms with Gasteiger partial charge in [0, 0.05) is 5.56 Å². The van der Waals surface area contributed by atoms with Crippen LogP contribution in [-0.4, -0.2) is 26.2 Å². The fraction of sp³-hybridized carbons (Fsp3) is 0.167. The Labute approximate surface area is 107 Å². The molecule has 2 aromatic rings. The average molecular weight is 266 g/mol. The molecule has 0 unspecified atom stereocenters. The molecule has 94 valence electrons. The van der Waals surface area contributed by atoms with Crippen molar-refractivity contribution in [3.63, 3.8) is 0 Å². The number of methoxy groups -OCH3 is 2. The van der Waals surface area contributed by atoms with E-state index in [9.17, 15) is 9.59 Å². The quantitative estimate of drug-likeness (QED) is 0.799. The Kier molecular flexibility index (Phi) is 3.47. The van der Waals surface area contributed by atoms with Gasteiger partial charge in [0.05, 0.1) is 14.2 Å². The number of esters is 2. The van der Waals surface area contributed by atoms with Gasteiger partial charge in [0.25, 0.3) is 0 Å². The van der Waals surface area contributed by atoms with Crippen LogP contribution >= 0.6 is 11.3 Å². The van der Waals surface area contributed by atoms with Crippen LogP contribution in [0, 0.1) is 0 Å². The molecule has 5 nitrogen and oxygen atoms in total. The van der Waals surface area contributed by atoms with Crippen LogP contribution in [0.3, 0.4) is 0 Å². The fourth-order valence-electron chi connectivity index (χ4n) is 1.45. The van der Waals surface area contributed by atoms with Crippen LogP contribution < -0.4 is 0 Å². The van der Waals surface area contributed by atoms with Crippen molar-refractivity contribution in [2.75, 3.05) is 14.2 Å². The molecular formula is C12H10O5S. The Balaban J connectivity index is 2.38. The lowest BCUT2D eigenvalue weighted by atomic mass is 10.2. The van der Waals surface area contributed by atoms with Crippen molar-refractivity contribution >= 4 is 23.3 Å². The van der Waals surface area contributed by atoms with Gasteiger partial charge in [-0.2, -0.15) is 0 Å². The summed E-state index contributed by atoms with van der Waals surface area (Å²) in [4.78, 5) is 23.2. The first-order valence-corrected chi connectivity index (χ1v) is 5.89. The van der Waals surface area contributed by atoms with Crippen molar-refractivity contribution in [3.8, 4) is 11.3 Å². The second kappa shape index (κ2) is 5.05. The zero-order valence-corrected chi connectivity index (χ0v) is 10.6. The lowest BCUT2D eigenvalue weighted by molar-refractivity contribution is 0.0565. The van der Waals surface area contributed by atoms with E-state index in [0.717, 1.165) is 0 Å². The molecule has 0 saturated carbocycles. The van der Waals surface area contributed by atoms with Crippen molar-refractivity contribution in [1.82, 2.24) is 0 Å². The van der Waals surface area contributed by atoms with Gasteiger partial charge in [0.15, 0.2) is 0 Å². The van der Waals surface area contributed by atoms with Crippen molar-refractivity contribution in [2.45, 2.75) is 0 Å². The number of hydrogen-bond donors (Lipinski definition) is 0. The maximum absolute atomic E-state index is 11.5. The molecule has 0 atom stereocenters.